The number of aromatic hydroxyl groups is 1. The van der Waals surface area contributed by atoms with E-state index in [4.69, 9.17) is 5.73 Å². The van der Waals surface area contributed by atoms with E-state index >= 15 is 0 Å². The monoisotopic (exact) mass is 1000 g/mol. The minimum atomic E-state index is -1.54. The predicted octanol–water partition coefficient (Wildman–Crippen LogP) is -0.304. The fraction of sp³-hybridized carbons (Fsp3) is 0.540. The summed E-state index contributed by atoms with van der Waals surface area (Å²) in [6, 6.07) is 4.29. The highest BCUT2D eigenvalue weighted by molar-refractivity contribution is 5.98. The number of benzene rings is 2. The molecule has 392 valence electrons. The highest BCUT2D eigenvalue weighted by Crippen LogP contribution is 2.24. The maximum atomic E-state index is 14.7. The van der Waals surface area contributed by atoms with Crippen molar-refractivity contribution in [3.8, 4) is 5.75 Å². The number of carbonyl (C=O) groups excluding carboxylic acids is 8. The molecule has 22 heteroatoms. The number of aromatic nitrogens is 1. The second kappa shape index (κ2) is 25.4. The van der Waals surface area contributed by atoms with Crippen LogP contribution in [0.1, 0.15) is 84.8 Å². The number of hydrogen-bond acceptors (Lipinski definition) is 12. The van der Waals surface area contributed by atoms with Crippen LogP contribution in [0.2, 0.25) is 0 Å². The van der Waals surface area contributed by atoms with E-state index in [-0.39, 0.29) is 56.9 Å². The Kier molecular flexibility index (Phi) is 19.7. The largest absolute Gasteiger partial charge is 0.508 e. The van der Waals surface area contributed by atoms with Crippen molar-refractivity contribution >= 4 is 64.1 Å². The SMILES string of the molecule is CC(C)C[C@H](NC(=O)[C@@H](N)Cc1ccc(O)cc1)C(=O)N[C@@H](Cc1c[nH]c2ccccc12)C(=O)N1CCC[C@H]1C(=O)NCC(=O)N1CCC[C@H]1C(=O)N[C@H](C(=O)N[C@H](C(=O)N[C@@H](C)C(=O)O)[C@@H](C)O)C(C)C. The van der Waals surface area contributed by atoms with E-state index in [0.717, 1.165) is 16.5 Å². The minimum absolute atomic E-state index is 0.0287. The topological polar surface area (TPSA) is 335 Å². The standard InChI is InChI=1S/C50H70N10O12/c1-26(2)21-36(55-43(64)34(51)22-30-15-17-32(62)18-16-30)44(65)56-37(23-31-24-52-35-12-8-7-11-33(31)35)49(70)60-20-10-13-38(60)45(66)53-25-40(63)59-19-9-14-39(59)46(67)57-41(27(3)4)47(68)58-42(29(6)61)48(69)54-28(5)50(71)72/h7-8,11-12,15-18,24,26-29,34,36-39,41-42,52,61-62H,9-10,13-14,19-23,25,51H2,1-6H3,(H,53,66)(H,54,69)(H,55,64)(H,56,65)(H,57,67)(H,58,68)(H,71,72)/t28-,29+,34-,36-,37-,38-,39-,41-,42-/m0/s1. The van der Waals surface area contributed by atoms with Gasteiger partial charge in [0.2, 0.25) is 47.3 Å². The zero-order chi connectivity index (χ0) is 53.0. The molecule has 72 heavy (non-hydrogen) atoms. The van der Waals surface area contributed by atoms with Crippen LogP contribution in [0, 0.1) is 11.8 Å². The number of nitrogens with one attached hydrogen (secondary N) is 7. The van der Waals surface area contributed by atoms with Crippen molar-refractivity contribution in [2.75, 3.05) is 19.6 Å². The Balaban J connectivity index is 1.25. The summed E-state index contributed by atoms with van der Waals surface area (Å²) in [6.07, 6.45) is 2.08. The van der Waals surface area contributed by atoms with E-state index in [1.807, 2.05) is 38.1 Å². The van der Waals surface area contributed by atoms with Crippen molar-refractivity contribution in [3.05, 3.63) is 65.9 Å². The number of nitrogens with two attached hydrogens (primary N) is 1. The van der Waals surface area contributed by atoms with Gasteiger partial charge in [-0.2, -0.15) is 0 Å². The number of likely N-dealkylation sites (tertiary alicyclic amines) is 2. The summed E-state index contributed by atoms with van der Waals surface area (Å²) in [5.74, 6) is -7.27. The number of rotatable bonds is 23. The summed E-state index contributed by atoms with van der Waals surface area (Å²) in [6.45, 7) is 9.32. The number of aliphatic hydroxyl groups is 1. The number of carboxylic acids is 1. The summed E-state index contributed by atoms with van der Waals surface area (Å²) in [4.78, 5) is 127. The van der Waals surface area contributed by atoms with Crippen LogP contribution in [0.4, 0.5) is 0 Å². The number of aliphatic hydroxyl groups excluding tert-OH is 1. The van der Waals surface area contributed by atoms with E-state index in [9.17, 15) is 58.5 Å². The second-order valence-corrected chi connectivity index (χ2v) is 19.5. The van der Waals surface area contributed by atoms with Gasteiger partial charge >= 0.3 is 5.97 Å². The molecule has 0 spiro atoms. The molecule has 8 amide bonds. The average Bonchev–Trinajstić information content (AvgIpc) is 4.12. The molecule has 2 saturated heterocycles. The van der Waals surface area contributed by atoms with Crippen molar-refractivity contribution in [2.24, 2.45) is 17.6 Å². The van der Waals surface area contributed by atoms with E-state index < -0.39 is 120 Å². The highest BCUT2D eigenvalue weighted by Gasteiger charge is 2.41. The van der Waals surface area contributed by atoms with Crippen LogP contribution >= 0.6 is 0 Å². The smallest absolute Gasteiger partial charge is 0.325 e. The highest BCUT2D eigenvalue weighted by atomic mass is 16.4. The van der Waals surface area contributed by atoms with Crippen LogP contribution in [0.3, 0.4) is 0 Å². The number of aliphatic carboxylic acids is 1. The lowest BCUT2D eigenvalue weighted by Crippen LogP contribution is -2.61. The van der Waals surface area contributed by atoms with E-state index in [0.29, 0.717) is 18.4 Å². The lowest BCUT2D eigenvalue weighted by molar-refractivity contribution is -0.143. The third kappa shape index (κ3) is 14.7. The number of carbonyl (C=O) groups is 9. The average molecular weight is 1000 g/mol. The quantitative estimate of drug-likeness (QED) is 0.0582. The molecule has 2 aromatic carbocycles. The van der Waals surface area contributed by atoms with Gasteiger partial charge in [-0.15, -0.1) is 0 Å². The van der Waals surface area contributed by atoms with Crippen molar-refractivity contribution < 1.29 is 58.5 Å². The second-order valence-electron chi connectivity index (χ2n) is 19.5. The fourth-order valence-corrected chi connectivity index (χ4v) is 8.97. The Labute approximate surface area is 418 Å². The molecule has 5 rings (SSSR count). The molecular weight excluding hydrogens is 933 g/mol. The number of phenols is 1. The van der Waals surface area contributed by atoms with Crippen molar-refractivity contribution in [3.63, 3.8) is 0 Å². The number of hydrogen-bond donors (Lipinski definition) is 11. The van der Waals surface area contributed by atoms with Gasteiger partial charge in [-0.25, -0.2) is 0 Å². The molecule has 3 heterocycles. The summed E-state index contributed by atoms with van der Waals surface area (Å²) in [7, 11) is 0. The van der Waals surface area contributed by atoms with Crippen LogP contribution < -0.4 is 37.6 Å². The lowest BCUT2D eigenvalue weighted by Gasteiger charge is -2.31. The molecule has 12 N–H and O–H groups in total. The minimum Gasteiger partial charge on any atom is -0.508 e. The molecule has 0 saturated carbocycles. The zero-order valence-corrected chi connectivity index (χ0v) is 41.6. The number of para-hydroxylation sites is 1. The maximum absolute atomic E-state index is 14.7. The molecule has 2 aliphatic heterocycles. The summed E-state index contributed by atoms with van der Waals surface area (Å²) in [5.41, 5.74) is 8.50. The molecule has 0 unspecified atom stereocenters. The fourth-order valence-electron chi connectivity index (χ4n) is 8.97. The number of nitrogens with zero attached hydrogens (tertiary/aromatic N) is 2. The van der Waals surface area contributed by atoms with Crippen LogP contribution in [0.15, 0.2) is 54.7 Å². The molecule has 3 aromatic rings. The molecule has 0 radical (unpaired) electrons. The summed E-state index contributed by atoms with van der Waals surface area (Å²) in [5, 5.41) is 45.5. The first kappa shape index (κ1) is 55.9. The van der Waals surface area contributed by atoms with Gasteiger partial charge in [-0.3, -0.25) is 43.2 Å². The number of phenolic OH excluding ortho intramolecular Hbond substituents is 1. The van der Waals surface area contributed by atoms with Crippen LogP contribution in [-0.4, -0.2) is 157 Å². The number of H-pyrrole nitrogens is 1. The van der Waals surface area contributed by atoms with Crippen LogP contribution in [0.25, 0.3) is 10.9 Å². The Morgan fingerprint density at radius 2 is 1.32 bits per heavy atom. The van der Waals surface area contributed by atoms with Gasteiger partial charge in [0.1, 0.15) is 48.0 Å². The first-order valence-electron chi connectivity index (χ1n) is 24.4. The van der Waals surface area contributed by atoms with Crippen molar-refractivity contribution in [2.45, 2.75) is 141 Å². The number of carboxylic acid groups (broad SMARTS) is 1. The van der Waals surface area contributed by atoms with Gasteiger partial charge in [0.25, 0.3) is 0 Å². The molecular formula is C50H70N10O12. The van der Waals surface area contributed by atoms with Gasteiger partial charge in [0.15, 0.2) is 0 Å². The molecule has 2 aliphatic rings. The zero-order valence-electron chi connectivity index (χ0n) is 41.6. The first-order valence-corrected chi connectivity index (χ1v) is 24.4. The predicted molar refractivity (Wildman–Crippen MR) is 263 cm³/mol. The normalized spacial score (nSPS) is 18.6. The summed E-state index contributed by atoms with van der Waals surface area (Å²) < 4.78 is 0. The molecule has 0 bridgehead atoms. The maximum Gasteiger partial charge on any atom is 0.325 e. The number of aromatic amines is 1. The Bertz CT molecular complexity index is 2440. The molecule has 1 aromatic heterocycles. The van der Waals surface area contributed by atoms with E-state index in [1.54, 1.807) is 32.2 Å². The van der Waals surface area contributed by atoms with E-state index in [2.05, 4.69) is 36.9 Å². The van der Waals surface area contributed by atoms with E-state index in [1.165, 1.54) is 35.8 Å². The molecule has 2 fully saturated rings. The number of amides is 8. The van der Waals surface area contributed by atoms with Gasteiger partial charge in [-0.1, -0.05) is 58.0 Å². The molecule has 0 aliphatic carbocycles. The van der Waals surface area contributed by atoms with Crippen molar-refractivity contribution in [1.82, 2.24) is 46.7 Å². The van der Waals surface area contributed by atoms with Gasteiger partial charge < -0.3 is 67.7 Å². The Hall–Kier alpha value is -7.07. The Morgan fingerprint density at radius 3 is 1.94 bits per heavy atom. The Morgan fingerprint density at radius 1 is 0.708 bits per heavy atom. The summed E-state index contributed by atoms with van der Waals surface area (Å²) >= 11 is 0. The molecule has 9 atom stereocenters. The molecule has 22 nitrogen and oxygen atoms in total. The third-order valence-corrected chi connectivity index (χ3v) is 12.9. The van der Waals surface area contributed by atoms with Crippen LogP contribution in [-0.2, 0) is 56.0 Å². The van der Waals surface area contributed by atoms with Gasteiger partial charge in [-0.05, 0) is 93.5 Å². The number of fused-ring (bicyclic) bond motifs is 1. The lowest BCUT2D eigenvalue weighted by atomic mass is 9.99. The van der Waals surface area contributed by atoms with Gasteiger partial charge in [0.05, 0.1) is 18.7 Å². The van der Waals surface area contributed by atoms with Crippen molar-refractivity contribution in [1.29, 1.82) is 0 Å². The van der Waals surface area contributed by atoms with Crippen LogP contribution in [0.5, 0.6) is 5.75 Å². The van der Waals surface area contributed by atoms with Gasteiger partial charge in [0, 0.05) is 36.6 Å². The third-order valence-electron chi connectivity index (χ3n) is 12.9. The first-order chi connectivity index (χ1) is 34.1.